The van der Waals surface area contributed by atoms with Crippen LogP contribution in [0.25, 0.3) is 0 Å². The topological polar surface area (TPSA) is 18.5 Å². The lowest BCUT2D eigenvalue weighted by Gasteiger charge is -2.34. The standard InChI is InChI=1S/C22H46O2S/c1-5-6-7-8-9-10-11-12-13-17-20-25(24-23-22(2,3)4)21-18-15-14-16-19-21/h21,25H,5-20H2,1-4H3. The first kappa shape index (κ1) is 23.3. The van der Waals surface area contributed by atoms with Crippen LogP contribution in [0.2, 0.25) is 0 Å². The highest BCUT2D eigenvalue weighted by Crippen LogP contribution is 2.43. The summed E-state index contributed by atoms with van der Waals surface area (Å²) < 4.78 is 5.99. The molecule has 0 aromatic carbocycles. The first-order valence-corrected chi connectivity index (χ1v) is 12.7. The van der Waals surface area contributed by atoms with Gasteiger partial charge in [-0.2, -0.15) is 4.33 Å². The van der Waals surface area contributed by atoms with Crippen molar-refractivity contribution in [2.24, 2.45) is 0 Å². The zero-order chi connectivity index (χ0) is 18.4. The summed E-state index contributed by atoms with van der Waals surface area (Å²) in [6.45, 7) is 8.55. The minimum Gasteiger partial charge on any atom is -0.220 e. The van der Waals surface area contributed by atoms with Gasteiger partial charge in [-0.3, -0.25) is 0 Å². The van der Waals surface area contributed by atoms with E-state index in [-0.39, 0.29) is 5.60 Å². The average Bonchev–Trinajstić information content (AvgIpc) is 2.59. The molecule has 2 nitrogen and oxygen atoms in total. The molecule has 0 heterocycles. The van der Waals surface area contributed by atoms with E-state index in [2.05, 4.69) is 27.7 Å². The fourth-order valence-corrected chi connectivity index (χ4v) is 5.92. The van der Waals surface area contributed by atoms with Crippen LogP contribution >= 0.6 is 11.2 Å². The molecule has 0 spiro atoms. The van der Waals surface area contributed by atoms with Gasteiger partial charge in [-0.05, 0) is 45.8 Å². The third-order valence-corrected chi connectivity index (χ3v) is 7.45. The SMILES string of the molecule is CCCCCCCCCCCC[SH](OOC(C)(C)C)C1CCCCC1. The van der Waals surface area contributed by atoms with E-state index >= 15 is 0 Å². The highest BCUT2D eigenvalue weighted by molar-refractivity contribution is 8.13. The molecule has 1 atom stereocenters. The maximum absolute atomic E-state index is 5.99. The number of unbranched alkanes of at least 4 members (excludes halogenated alkanes) is 9. The second kappa shape index (κ2) is 14.3. The van der Waals surface area contributed by atoms with Crippen LogP contribution in [0.1, 0.15) is 124 Å². The van der Waals surface area contributed by atoms with Crippen molar-refractivity contribution < 1.29 is 9.22 Å². The van der Waals surface area contributed by atoms with Crippen LogP contribution in [0.5, 0.6) is 0 Å². The molecule has 0 aliphatic heterocycles. The third kappa shape index (κ3) is 13.1. The summed E-state index contributed by atoms with van der Waals surface area (Å²) in [5, 5.41) is 0.782. The van der Waals surface area contributed by atoms with Crippen molar-refractivity contribution in [1.82, 2.24) is 0 Å². The van der Waals surface area contributed by atoms with E-state index < -0.39 is 11.2 Å². The molecular formula is C22H46O2S. The van der Waals surface area contributed by atoms with Gasteiger partial charge in [0, 0.05) is 5.25 Å². The molecule has 0 bridgehead atoms. The van der Waals surface area contributed by atoms with Gasteiger partial charge in [0.15, 0.2) is 0 Å². The molecule has 3 heteroatoms. The zero-order valence-corrected chi connectivity index (χ0v) is 18.5. The lowest BCUT2D eigenvalue weighted by Crippen LogP contribution is -2.23. The largest absolute Gasteiger partial charge is 0.220 e. The fraction of sp³-hybridized carbons (Fsp3) is 1.00. The highest BCUT2D eigenvalue weighted by atomic mass is 32.2. The summed E-state index contributed by atoms with van der Waals surface area (Å²) >= 11 is -0.400. The average molecular weight is 375 g/mol. The second-order valence-corrected chi connectivity index (χ2v) is 11.0. The van der Waals surface area contributed by atoms with Gasteiger partial charge < -0.3 is 0 Å². The van der Waals surface area contributed by atoms with E-state index in [1.807, 2.05) is 0 Å². The molecule has 1 unspecified atom stereocenters. The molecule has 0 amide bonds. The third-order valence-electron chi connectivity index (χ3n) is 5.10. The van der Waals surface area contributed by atoms with Crippen molar-refractivity contribution in [1.29, 1.82) is 0 Å². The van der Waals surface area contributed by atoms with Gasteiger partial charge in [0.25, 0.3) is 0 Å². The number of hydrogen-bond donors (Lipinski definition) is 1. The van der Waals surface area contributed by atoms with Crippen molar-refractivity contribution in [3.8, 4) is 0 Å². The molecule has 1 saturated carbocycles. The maximum atomic E-state index is 5.99. The highest BCUT2D eigenvalue weighted by Gasteiger charge is 2.24. The van der Waals surface area contributed by atoms with Gasteiger partial charge in [-0.1, -0.05) is 84.0 Å². The summed E-state index contributed by atoms with van der Waals surface area (Å²) in [7, 11) is 0. The van der Waals surface area contributed by atoms with Gasteiger partial charge in [0.05, 0.1) is 5.60 Å². The van der Waals surface area contributed by atoms with Gasteiger partial charge in [0.2, 0.25) is 0 Å². The monoisotopic (exact) mass is 374 g/mol. The summed E-state index contributed by atoms with van der Waals surface area (Å²) in [5.74, 6) is 1.24. The molecule has 1 aliphatic carbocycles. The second-order valence-electron chi connectivity index (χ2n) is 8.88. The Bertz CT molecular complexity index is 295. The van der Waals surface area contributed by atoms with Crippen LogP contribution < -0.4 is 0 Å². The van der Waals surface area contributed by atoms with Crippen LogP contribution in [0.4, 0.5) is 0 Å². The number of thiol groups is 1. The molecule has 0 radical (unpaired) electrons. The summed E-state index contributed by atoms with van der Waals surface area (Å²) in [6.07, 6.45) is 21.0. The lowest BCUT2D eigenvalue weighted by molar-refractivity contribution is -0.265. The molecule has 152 valence electrons. The number of rotatable bonds is 14. The Kier molecular flexibility index (Phi) is 13.4. The molecule has 25 heavy (non-hydrogen) atoms. The summed E-state index contributed by atoms with van der Waals surface area (Å²) in [6, 6.07) is 0. The fourth-order valence-electron chi connectivity index (χ4n) is 3.56. The molecule has 1 aliphatic rings. The van der Waals surface area contributed by atoms with Crippen molar-refractivity contribution in [3.05, 3.63) is 0 Å². The minimum atomic E-state index is -0.400. The predicted molar refractivity (Wildman–Crippen MR) is 114 cm³/mol. The first-order chi connectivity index (χ1) is 12.0. The Hall–Kier alpha value is 0.270. The van der Waals surface area contributed by atoms with Crippen LogP contribution in [-0.2, 0) is 9.22 Å². The van der Waals surface area contributed by atoms with Gasteiger partial charge in [-0.25, -0.2) is 4.89 Å². The van der Waals surface area contributed by atoms with E-state index in [4.69, 9.17) is 9.22 Å². The van der Waals surface area contributed by atoms with E-state index in [9.17, 15) is 0 Å². The van der Waals surface area contributed by atoms with Crippen molar-refractivity contribution in [2.45, 2.75) is 135 Å². The van der Waals surface area contributed by atoms with Crippen LogP contribution in [-0.4, -0.2) is 16.6 Å². The summed E-state index contributed by atoms with van der Waals surface area (Å²) in [5.41, 5.74) is -0.187. The van der Waals surface area contributed by atoms with Crippen molar-refractivity contribution in [2.75, 3.05) is 5.75 Å². The van der Waals surface area contributed by atoms with Crippen molar-refractivity contribution >= 4 is 11.2 Å². The Morgan fingerprint density at radius 3 is 1.80 bits per heavy atom. The van der Waals surface area contributed by atoms with E-state index in [0.29, 0.717) is 0 Å². The molecule has 0 N–H and O–H groups in total. The molecular weight excluding hydrogens is 328 g/mol. The Morgan fingerprint density at radius 2 is 1.28 bits per heavy atom. The Labute approximate surface area is 161 Å². The Balaban J connectivity index is 2.12. The quantitative estimate of drug-likeness (QED) is 0.144. The van der Waals surface area contributed by atoms with Crippen LogP contribution in [0, 0.1) is 0 Å². The van der Waals surface area contributed by atoms with Gasteiger partial charge in [0.1, 0.15) is 0 Å². The van der Waals surface area contributed by atoms with Gasteiger partial charge >= 0.3 is 0 Å². The van der Waals surface area contributed by atoms with E-state index in [1.165, 1.54) is 102 Å². The van der Waals surface area contributed by atoms with Crippen molar-refractivity contribution in [3.63, 3.8) is 0 Å². The lowest BCUT2D eigenvalue weighted by atomic mass is 10.0. The molecule has 1 rings (SSSR count). The molecule has 1 fully saturated rings. The minimum absolute atomic E-state index is 0.187. The smallest absolute Gasteiger partial charge is 0.0963 e. The molecule has 0 aromatic rings. The van der Waals surface area contributed by atoms with Crippen LogP contribution in [0.3, 0.4) is 0 Å². The van der Waals surface area contributed by atoms with E-state index in [1.54, 1.807) is 0 Å². The normalized spacial score (nSPS) is 18.5. The predicted octanol–water partition coefficient (Wildman–Crippen LogP) is 7.90. The maximum Gasteiger partial charge on any atom is 0.0963 e. The molecule has 0 saturated heterocycles. The Morgan fingerprint density at radius 1 is 0.760 bits per heavy atom. The zero-order valence-electron chi connectivity index (χ0n) is 17.7. The van der Waals surface area contributed by atoms with E-state index in [0.717, 1.165) is 5.25 Å². The van der Waals surface area contributed by atoms with Gasteiger partial charge in [-0.15, -0.1) is 11.2 Å². The first-order valence-electron chi connectivity index (χ1n) is 11.2. The summed E-state index contributed by atoms with van der Waals surface area (Å²) in [4.78, 5) is 5.72. The molecule has 0 aromatic heterocycles. The van der Waals surface area contributed by atoms with Crippen LogP contribution in [0.15, 0.2) is 0 Å². The number of hydrogen-bond acceptors (Lipinski definition) is 2.